The van der Waals surface area contributed by atoms with Gasteiger partial charge >= 0.3 is 6.01 Å². The lowest BCUT2D eigenvalue weighted by molar-refractivity contribution is 0.221. The van der Waals surface area contributed by atoms with E-state index in [1.54, 1.807) is 0 Å². The number of ether oxygens (including phenoxy) is 1. The molecule has 1 aromatic heterocycles. The number of nitrogens with zero attached hydrogens (tertiary/aromatic N) is 3. The Balaban J connectivity index is 2.04. The molecule has 1 fully saturated rings. The molecule has 0 unspecified atom stereocenters. The minimum absolute atomic E-state index is 0.00161. The number of nitrogen functional groups attached to an aromatic ring is 1. The molecule has 0 atom stereocenters. The summed E-state index contributed by atoms with van der Waals surface area (Å²) in [5.74, 6) is 6.20. The molecular weight excluding hydrogens is 268 g/mol. The molecule has 1 heterocycles. The fourth-order valence-electron chi connectivity index (χ4n) is 2.64. The van der Waals surface area contributed by atoms with Gasteiger partial charge in [-0.1, -0.05) is 26.2 Å². The van der Waals surface area contributed by atoms with Gasteiger partial charge in [0.1, 0.15) is 0 Å². The van der Waals surface area contributed by atoms with Crippen molar-refractivity contribution in [2.45, 2.75) is 59.0 Å². The molecule has 118 valence electrons. The van der Waals surface area contributed by atoms with Gasteiger partial charge in [0, 0.05) is 6.54 Å². The number of anilines is 2. The van der Waals surface area contributed by atoms with Gasteiger partial charge in [-0.25, -0.2) is 5.84 Å². The lowest BCUT2D eigenvalue weighted by Crippen LogP contribution is -2.29. The highest BCUT2D eigenvalue weighted by molar-refractivity contribution is 5.35. The van der Waals surface area contributed by atoms with E-state index in [0.29, 0.717) is 17.3 Å². The molecule has 1 aliphatic carbocycles. The fraction of sp³-hybridized carbons (Fsp3) is 0.786. The molecule has 21 heavy (non-hydrogen) atoms. The molecule has 0 saturated heterocycles. The first-order valence-corrected chi connectivity index (χ1v) is 7.64. The average molecular weight is 294 g/mol. The highest BCUT2D eigenvalue weighted by Gasteiger charge is 2.26. The first kappa shape index (κ1) is 15.8. The van der Waals surface area contributed by atoms with Crippen LogP contribution in [0.4, 0.5) is 11.9 Å². The summed E-state index contributed by atoms with van der Waals surface area (Å²) >= 11 is 0. The van der Waals surface area contributed by atoms with Crippen LogP contribution in [0, 0.1) is 5.41 Å². The fourth-order valence-corrected chi connectivity index (χ4v) is 2.64. The Hall–Kier alpha value is -1.63. The maximum absolute atomic E-state index is 5.52. The SMILES string of the molecule is CC(C)Oc1nc(NN)nc(NCC2(C)CCCCC2)n1. The number of nitrogens with two attached hydrogens (primary N) is 1. The van der Waals surface area contributed by atoms with Crippen LogP contribution in [0.1, 0.15) is 52.9 Å². The van der Waals surface area contributed by atoms with Crippen molar-refractivity contribution >= 4 is 11.9 Å². The summed E-state index contributed by atoms with van der Waals surface area (Å²) in [4.78, 5) is 12.6. The zero-order chi connectivity index (χ0) is 15.3. The van der Waals surface area contributed by atoms with Gasteiger partial charge in [0.25, 0.3) is 0 Å². The van der Waals surface area contributed by atoms with Crippen LogP contribution in [0.15, 0.2) is 0 Å². The highest BCUT2D eigenvalue weighted by Crippen LogP contribution is 2.35. The van der Waals surface area contributed by atoms with Crippen LogP contribution < -0.4 is 21.3 Å². The Morgan fingerprint density at radius 1 is 1.14 bits per heavy atom. The molecule has 2 rings (SSSR count). The summed E-state index contributed by atoms with van der Waals surface area (Å²) in [6, 6.07) is 0.282. The molecule has 1 saturated carbocycles. The Morgan fingerprint density at radius 2 is 1.81 bits per heavy atom. The van der Waals surface area contributed by atoms with Crippen LogP contribution in [-0.4, -0.2) is 27.6 Å². The summed E-state index contributed by atoms with van der Waals surface area (Å²) in [5.41, 5.74) is 2.75. The van der Waals surface area contributed by atoms with Gasteiger partial charge in [0.2, 0.25) is 11.9 Å². The molecular formula is C14H26N6O. The maximum Gasteiger partial charge on any atom is 0.323 e. The predicted molar refractivity (Wildman–Crippen MR) is 83.1 cm³/mol. The summed E-state index contributed by atoms with van der Waals surface area (Å²) in [6.45, 7) is 7.02. The van der Waals surface area contributed by atoms with Crippen molar-refractivity contribution in [2.24, 2.45) is 11.3 Å². The Kier molecular flexibility index (Phi) is 5.17. The molecule has 0 bridgehead atoms. The van der Waals surface area contributed by atoms with Crippen molar-refractivity contribution in [1.29, 1.82) is 0 Å². The minimum atomic E-state index is 0.00161. The predicted octanol–water partition coefficient (Wildman–Crippen LogP) is 2.33. The number of hydrogen-bond acceptors (Lipinski definition) is 7. The van der Waals surface area contributed by atoms with E-state index < -0.39 is 0 Å². The second-order valence-electron chi connectivity index (χ2n) is 6.30. The third-order valence-electron chi connectivity index (χ3n) is 3.82. The zero-order valence-electron chi connectivity index (χ0n) is 13.1. The van der Waals surface area contributed by atoms with E-state index in [2.05, 4.69) is 32.6 Å². The molecule has 0 aliphatic heterocycles. The van der Waals surface area contributed by atoms with Crippen molar-refractivity contribution in [1.82, 2.24) is 15.0 Å². The van der Waals surface area contributed by atoms with Gasteiger partial charge in [0.15, 0.2) is 0 Å². The zero-order valence-corrected chi connectivity index (χ0v) is 13.1. The number of hydrogen-bond donors (Lipinski definition) is 3. The van der Waals surface area contributed by atoms with Gasteiger partial charge in [0.05, 0.1) is 6.10 Å². The van der Waals surface area contributed by atoms with Gasteiger partial charge in [-0.05, 0) is 32.1 Å². The largest absolute Gasteiger partial charge is 0.461 e. The van der Waals surface area contributed by atoms with E-state index in [4.69, 9.17) is 10.6 Å². The van der Waals surface area contributed by atoms with E-state index >= 15 is 0 Å². The molecule has 0 amide bonds. The van der Waals surface area contributed by atoms with Crippen LogP contribution in [0.25, 0.3) is 0 Å². The summed E-state index contributed by atoms with van der Waals surface area (Å²) in [7, 11) is 0. The van der Waals surface area contributed by atoms with Crippen LogP contribution in [-0.2, 0) is 0 Å². The third kappa shape index (κ3) is 4.70. The second kappa shape index (κ2) is 6.89. The molecule has 0 radical (unpaired) electrons. The van der Waals surface area contributed by atoms with Crippen LogP contribution in [0.3, 0.4) is 0 Å². The standard InChI is InChI=1S/C14H26N6O/c1-10(2)21-13-18-11(17-12(19-13)20-15)16-9-14(3)7-5-4-6-8-14/h10H,4-9,15H2,1-3H3,(H2,16,17,18,19,20). The van der Waals surface area contributed by atoms with E-state index in [1.165, 1.54) is 32.1 Å². The normalized spacial score (nSPS) is 17.6. The van der Waals surface area contributed by atoms with E-state index in [1.807, 2.05) is 13.8 Å². The lowest BCUT2D eigenvalue weighted by atomic mass is 9.76. The lowest BCUT2D eigenvalue weighted by Gasteiger charge is -2.33. The molecule has 1 aliphatic rings. The summed E-state index contributed by atoms with van der Waals surface area (Å²) in [5, 5.41) is 3.31. The van der Waals surface area contributed by atoms with Crippen molar-refractivity contribution < 1.29 is 4.74 Å². The maximum atomic E-state index is 5.52. The second-order valence-corrected chi connectivity index (χ2v) is 6.30. The average Bonchev–Trinajstić information content (AvgIpc) is 2.45. The summed E-state index contributed by atoms with van der Waals surface area (Å²) in [6.07, 6.45) is 6.42. The van der Waals surface area contributed by atoms with Crippen LogP contribution in [0.5, 0.6) is 6.01 Å². The van der Waals surface area contributed by atoms with Crippen molar-refractivity contribution in [3.8, 4) is 6.01 Å². The summed E-state index contributed by atoms with van der Waals surface area (Å²) < 4.78 is 5.52. The number of hydrazine groups is 1. The molecule has 0 spiro atoms. The molecule has 0 aromatic carbocycles. The Morgan fingerprint density at radius 3 is 2.43 bits per heavy atom. The van der Waals surface area contributed by atoms with Crippen LogP contribution in [0.2, 0.25) is 0 Å². The topological polar surface area (TPSA) is 98.0 Å². The number of rotatable bonds is 6. The first-order valence-electron chi connectivity index (χ1n) is 7.64. The molecule has 1 aromatic rings. The van der Waals surface area contributed by atoms with Crippen molar-refractivity contribution in [3.05, 3.63) is 0 Å². The smallest absolute Gasteiger partial charge is 0.323 e. The van der Waals surface area contributed by atoms with Gasteiger partial charge in [-0.2, -0.15) is 15.0 Å². The Labute approximate surface area is 126 Å². The third-order valence-corrected chi connectivity index (χ3v) is 3.82. The number of aromatic nitrogens is 3. The Bertz CT molecular complexity index is 459. The van der Waals surface area contributed by atoms with Gasteiger partial charge < -0.3 is 10.1 Å². The van der Waals surface area contributed by atoms with E-state index in [9.17, 15) is 0 Å². The first-order chi connectivity index (χ1) is 10.0. The van der Waals surface area contributed by atoms with E-state index in [-0.39, 0.29) is 12.1 Å². The minimum Gasteiger partial charge on any atom is -0.461 e. The van der Waals surface area contributed by atoms with Crippen molar-refractivity contribution in [2.75, 3.05) is 17.3 Å². The number of nitrogens with one attached hydrogen (secondary N) is 2. The van der Waals surface area contributed by atoms with Crippen molar-refractivity contribution in [3.63, 3.8) is 0 Å². The van der Waals surface area contributed by atoms with Gasteiger partial charge in [-0.15, -0.1) is 0 Å². The van der Waals surface area contributed by atoms with Gasteiger partial charge in [-0.3, -0.25) is 5.43 Å². The monoisotopic (exact) mass is 294 g/mol. The molecule has 7 nitrogen and oxygen atoms in total. The quantitative estimate of drug-likeness (QED) is 0.547. The molecule has 7 heteroatoms. The molecule has 4 N–H and O–H groups in total. The van der Waals surface area contributed by atoms with Crippen LogP contribution >= 0.6 is 0 Å². The van der Waals surface area contributed by atoms with E-state index in [0.717, 1.165) is 6.54 Å². The highest BCUT2D eigenvalue weighted by atomic mass is 16.5.